The van der Waals surface area contributed by atoms with E-state index in [2.05, 4.69) is 13.2 Å². The molecular weight excluding hydrogens is 324 g/mol. The molecule has 3 aliphatic rings. The molecule has 1 fully saturated rings. The van der Waals surface area contributed by atoms with E-state index in [0.717, 1.165) is 0 Å². The Hall–Kier alpha value is -2.63. The summed E-state index contributed by atoms with van der Waals surface area (Å²) in [5, 5.41) is 0. The van der Waals surface area contributed by atoms with Crippen LogP contribution < -0.4 is 0 Å². The number of hydrogen-bond acceptors (Lipinski definition) is 6. The molecule has 0 aliphatic carbocycles. The Labute approximate surface area is 145 Å². The van der Waals surface area contributed by atoms with Crippen LogP contribution in [-0.4, -0.2) is 35.5 Å². The maximum Gasteiger partial charge on any atom is 0.334 e. The summed E-state index contributed by atoms with van der Waals surface area (Å²) in [5.41, 5.74) is -0.0508. The van der Waals surface area contributed by atoms with E-state index in [1.807, 2.05) is 0 Å². The molecule has 132 valence electrons. The van der Waals surface area contributed by atoms with Crippen LogP contribution in [0.2, 0.25) is 0 Å². The molecule has 6 heteroatoms. The zero-order chi connectivity index (χ0) is 18.5. The summed E-state index contributed by atoms with van der Waals surface area (Å²) in [4.78, 5) is 36.6. The average molecular weight is 344 g/mol. The van der Waals surface area contributed by atoms with Crippen LogP contribution in [0.4, 0.5) is 0 Å². The van der Waals surface area contributed by atoms with E-state index in [-0.39, 0.29) is 23.4 Å². The van der Waals surface area contributed by atoms with Crippen molar-refractivity contribution in [1.82, 2.24) is 0 Å². The van der Waals surface area contributed by atoms with E-state index in [4.69, 9.17) is 14.2 Å². The van der Waals surface area contributed by atoms with E-state index in [1.54, 1.807) is 19.9 Å². The van der Waals surface area contributed by atoms with Crippen molar-refractivity contribution in [3.8, 4) is 0 Å². The molecule has 1 unspecified atom stereocenters. The van der Waals surface area contributed by atoms with Crippen LogP contribution in [0, 0.1) is 5.92 Å². The number of ether oxygens (including phenoxy) is 3. The Balaban J connectivity index is 2.07. The lowest BCUT2D eigenvalue weighted by molar-refractivity contribution is -0.153. The molecule has 0 spiro atoms. The minimum atomic E-state index is -1.18. The van der Waals surface area contributed by atoms with Crippen LogP contribution in [0.5, 0.6) is 0 Å². The molecule has 0 aromatic carbocycles. The molecule has 3 aliphatic heterocycles. The predicted molar refractivity (Wildman–Crippen MR) is 88.2 cm³/mol. The highest BCUT2D eigenvalue weighted by Crippen LogP contribution is 2.42. The monoisotopic (exact) mass is 344 g/mol. The van der Waals surface area contributed by atoms with E-state index >= 15 is 0 Å². The highest BCUT2D eigenvalue weighted by molar-refractivity contribution is 6.00. The first-order valence-corrected chi connectivity index (χ1v) is 8.02. The van der Waals surface area contributed by atoms with Gasteiger partial charge in [0.15, 0.2) is 5.60 Å². The van der Waals surface area contributed by atoms with Gasteiger partial charge in [0.25, 0.3) is 0 Å². The minimum Gasteiger partial charge on any atom is -0.479 e. The zero-order valence-electron chi connectivity index (χ0n) is 14.5. The van der Waals surface area contributed by atoms with Crippen molar-refractivity contribution < 1.29 is 28.6 Å². The fourth-order valence-corrected chi connectivity index (χ4v) is 3.30. The number of esters is 2. The topological polar surface area (TPSA) is 78.9 Å². The van der Waals surface area contributed by atoms with Crippen molar-refractivity contribution in [2.75, 3.05) is 0 Å². The number of fused-ring (bicyclic) bond motifs is 3. The lowest BCUT2D eigenvalue weighted by Crippen LogP contribution is -2.42. The Kier molecular flexibility index (Phi) is 3.94. The SMILES string of the molecule is C=C(C)C(=O)O[C@@H]1CC2(C)OC(=CC2=O)/C(C)=C\[C@@H]2OC(=O)C(=C)[C@@H]21. The first kappa shape index (κ1) is 17.2. The van der Waals surface area contributed by atoms with Gasteiger partial charge < -0.3 is 14.2 Å². The van der Waals surface area contributed by atoms with Gasteiger partial charge in [-0.1, -0.05) is 13.2 Å². The lowest BCUT2D eigenvalue weighted by atomic mass is 9.82. The van der Waals surface area contributed by atoms with Crippen LogP contribution in [-0.2, 0) is 28.6 Å². The highest BCUT2D eigenvalue weighted by atomic mass is 16.6. The van der Waals surface area contributed by atoms with Crippen LogP contribution in [0.15, 0.2) is 47.8 Å². The van der Waals surface area contributed by atoms with E-state index < -0.39 is 35.7 Å². The molecule has 6 nitrogen and oxygen atoms in total. The second kappa shape index (κ2) is 5.72. The largest absolute Gasteiger partial charge is 0.479 e. The number of ketones is 1. The summed E-state index contributed by atoms with van der Waals surface area (Å²) in [6.07, 6.45) is 1.78. The summed E-state index contributed by atoms with van der Waals surface area (Å²) in [6, 6.07) is 0. The molecule has 0 aromatic rings. The number of carbonyl (C=O) groups is 3. The van der Waals surface area contributed by atoms with Crippen molar-refractivity contribution in [3.63, 3.8) is 0 Å². The van der Waals surface area contributed by atoms with Crippen molar-refractivity contribution in [1.29, 1.82) is 0 Å². The third-order valence-corrected chi connectivity index (χ3v) is 4.78. The third kappa shape index (κ3) is 2.81. The van der Waals surface area contributed by atoms with Gasteiger partial charge in [-0.15, -0.1) is 0 Å². The van der Waals surface area contributed by atoms with Gasteiger partial charge in [-0.2, -0.15) is 0 Å². The van der Waals surface area contributed by atoms with Gasteiger partial charge >= 0.3 is 11.9 Å². The zero-order valence-corrected chi connectivity index (χ0v) is 14.5. The Morgan fingerprint density at radius 2 is 2.08 bits per heavy atom. The lowest BCUT2D eigenvalue weighted by Gasteiger charge is -2.31. The van der Waals surface area contributed by atoms with E-state index in [1.165, 1.54) is 13.0 Å². The molecule has 25 heavy (non-hydrogen) atoms. The van der Waals surface area contributed by atoms with Crippen LogP contribution in [0.3, 0.4) is 0 Å². The maximum atomic E-state index is 12.4. The molecule has 0 N–H and O–H groups in total. The fraction of sp³-hybridized carbons (Fsp3) is 0.421. The molecule has 0 amide bonds. The summed E-state index contributed by atoms with van der Waals surface area (Å²) >= 11 is 0. The molecular formula is C19H20O6. The van der Waals surface area contributed by atoms with Gasteiger partial charge in [0.2, 0.25) is 5.78 Å². The van der Waals surface area contributed by atoms with Gasteiger partial charge in [-0.25, -0.2) is 9.59 Å². The summed E-state index contributed by atoms with van der Waals surface area (Å²) in [5.74, 6) is -1.49. The first-order valence-electron chi connectivity index (χ1n) is 8.02. The molecule has 4 atom stereocenters. The third-order valence-electron chi connectivity index (χ3n) is 4.78. The van der Waals surface area contributed by atoms with Crippen LogP contribution >= 0.6 is 0 Å². The fourth-order valence-electron chi connectivity index (χ4n) is 3.30. The smallest absolute Gasteiger partial charge is 0.334 e. The molecule has 0 saturated carbocycles. The molecule has 0 aromatic heterocycles. The number of carbonyl (C=O) groups excluding carboxylic acids is 3. The molecule has 3 heterocycles. The van der Waals surface area contributed by atoms with Gasteiger partial charge in [-0.05, 0) is 32.4 Å². The van der Waals surface area contributed by atoms with E-state index in [9.17, 15) is 14.4 Å². The molecule has 2 bridgehead atoms. The quantitative estimate of drug-likeness (QED) is 0.564. The second-order valence-corrected chi connectivity index (χ2v) is 6.90. The van der Waals surface area contributed by atoms with Crippen LogP contribution in [0.1, 0.15) is 27.2 Å². The van der Waals surface area contributed by atoms with Gasteiger partial charge in [0.1, 0.15) is 18.0 Å². The minimum absolute atomic E-state index is 0.0861. The Morgan fingerprint density at radius 3 is 2.72 bits per heavy atom. The van der Waals surface area contributed by atoms with Crippen molar-refractivity contribution in [2.45, 2.75) is 45.0 Å². The molecule has 0 radical (unpaired) electrons. The predicted octanol–water partition coefficient (Wildman–Crippen LogP) is 2.16. The molecule has 1 saturated heterocycles. The van der Waals surface area contributed by atoms with Gasteiger partial charge in [-0.3, -0.25) is 4.79 Å². The first-order chi connectivity index (χ1) is 11.6. The molecule has 3 rings (SSSR count). The maximum absolute atomic E-state index is 12.4. The standard InChI is InChI=1S/C19H20O6/c1-9(2)17(21)24-14-8-19(5)15(20)7-12(25-19)10(3)6-13-16(14)11(4)18(22)23-13/h6-7,13-14,16H,1,4,8H2,2-3,5H3/b10-6-/t13-,14+,16-,19?/m0/s1. The Bertz CT molecular complexity index is 771. The van der Waals surface area contributed by atoms with Crippen molar-refractivity contribution >= 4 is 17.7 Å². The summed E-state index contributed by atoms with van der Waals surface area (Å²) < 4.78 is 16.8. The Morgan fingerprint density at radius 1 is 1.40 bits per heavy atom. The van der Waals surface area contributed by atoms with Crippen LogP contribution in [0.25, 0.3) is 0 Å². The number of hydrogen-bond donors (Lipinski definition) is 0. The van der Waals surface area contributed by atoms with E-state index in [0.29, 0.717) is 11.3 Å². The summed E-state index contributed by atoms with van der Waals surface area (Å²) in [7, 11) is 0. The normalized spacial score (nSPS) is 36.0. The number of rotatable bonds is 2. The van der Waals surface area contributed by atoms with Gasteiger partial charge in [0.05, 0.1) is 5.92 Å². The van der Waals surface area contributed by atoms with Crippen molar-refractivity contribution in [2.24, 2.45) is 5.92 Å². The second-order valence-electron chi connectivity index (χ2n) is 6.90. The average Bonchev–Trinajstić information content (AvgIpc) is 2.96. The van der Waals surface area contributed by atoms with Crippen molar-refractivity contribution in [3.05, 3.63) is 47.8 Å². The summed E-state index contributed by atoms with van der Waals surface area (Å²) in [6.45, 7) is 12.3. The highest BCUT2D eigenvalue weighted by Gasteiger charge is 2.51. The van der Waals surface area contributed by atoms with Gasteiger partial charge in [0, 0.05) is 23.6 Å². The number of allylic oxidation sites excluding steroid dienone is 1.